The lowest BCUT2D eigenvalue weighted by Crippen LogP contribution is -2.32. The van der Waals surface area contributed by atoms with Crippen LogP contribution >= 0.6 is 0 Å². The Labute approximate surface area is 101 Å². The Balaban J connectivity index is 1.80. The van der Waals surface area contributed by atoms with Crippen LogP contribution in [0.2, 0.25) is 0 Å². The Morgan fingerprint density at radius 1 is 1.29 bits per heavy atom. The molecule has 0 N–H and O–H groups in total. The Morgan fingerprint density at radius 3 is 2.82 bits per heavy atom. The first-order chi connectivity index (χ1) is 8.36. The molecule has 0 radical (unpaired) electrons. The maximum absolute atomic E-state index is 4.62. The third-order valence-corrected chi connectivity index (χ3v) is 3.66. The fourth-order valence-electron chi connectivity index (χ4n) is 2.53. The van der Waals surface area contributed by atoms with Crippen LogP contribution in [0.15, 0.2) is 24.4 Å². The van der Waals surface area contributed by atoms with Gasteiger partial charge in [0.25, 0.3) is 0 Å². The van der Waals surface area contributed by atoms with Gasteiger partial charge >= 0.3 is 0 Å². The topological polar surface area (TPSA) is 33.4 Å². The largest absolute Gasteiger partial charge is 0.304 e. The highest BCUT2D eigenvalue weighted by atomic mass is 15.3. The summed E-state index contributed by atoms with van der Waals surface area (Å²) in [5.41, 5.74) is 0.959. The number of piperidine rings is 1. The van der Waals surface area contributed by atoms with Crippen molar-refractivity contribution in [3.05, 3.63) is 30.2 Å². The highest BCUT2D eigenvalue weighted by molar-refractivity contribution is 5.36. The summed E-state index contributed by atoms with van der Waals surface area (Å²) in [5, 5.41) is 4.57. The molecule has 0 bridgehead atoms. The van der Waals surface area contributed by atoms with Crippen LogP contribution in [0.3, 0.4) is 0 Å². The monoisotopic (exact) mass is 230 g/mol. The van der Waals surface area contributed by atoms with E-state index in [2.05, 4.69) is 21.9 Å². The van der Waals surface area contributed by atoms with Crippen molar-refractivity contribution in [2.75, 3.05) is 19.6 Å². The van der Waals surface area contributed by atoms with Gasteiger partial charge in [0.05, 0.1) is 0 Å². The van der Waals surface area contributed by atoms with Crippen molar-refractivity contribution >= 4 is 5.65 Å². The number of aromatic nitrogens is 3. The van der Waals surface area contributed by atoms with Crippen molar-refractivity contribution in [2.45, 2.75) is 25.7 Å². The summed E-state index contributed by atoms with van der Waals surface area (Å²) in [6, 6.07) is 6.01. The molecule has 17 heavy (non-hydrogen) atoms. The number of likely N-dealkylation sites (tertiary alicyclic amines) is 1. The zero-order valence-electron chi connectivity index (χ0n) is 10.2. The first kappa shape index (κ1) is 10.7. The second-order valence-electron chi connectivity index (χ2n) is 4.68. The second kappa shape index (κ2) is 4.45. The quantitative estimate of drug-likeness (QED) is 0.790. The SMILES string of the molecule is CCN1CCC(c2nc3ccccn3n2)CC1. The molecule has 1 saturated heterocycles. The van der Waals surface area contributed by atoms with Gasteiger partial charge in [0.1, 0.15) is 0 Å². The lowest BCUT2D eigenvalue weighted by atomic mass is 9.96. The molecule has 1 fully saturated rings. The Kier molecular flexibility index (Phi) is 2.81. The summed E-state index contributed by atoms with van der Waals surface area (Å²) in [4.78, 5) is 7.11. The molecule has 2 aromatic heterocycles. The van der Waals surface area contributed by atoms with Crippen molar-refractivity contribution in [3.63, 3.8) is 0 Å². The van der Waals surface area contributed by atoms with Crippen molar-refractivity contribution in [1.29, 1.82) is 0 Å². The molecule has 0 atom stereocenters. The lowest BCUT2D eigenvalue weighted by Gasteiger charge is -2.29. The zero-order chi connectivity index (χ0) is 11.7. The molecule has 0 aliphatic carbocycles. The normalized spacial score (nSPS) is 18.9. The van der Waals surface area contributed by atoms with Crippen LogP contribution in [0.4, 0.5) is 0 Å². The molecule has 4 nitrogen and oxygen atoms in total. The second-order valence-corrected chi connectivity index (χ2v) is 4.68. The Hall–Kier alpha value is -1.42. The molecule has 0 saturated carbocycles. The van der Waals surface area contributed by atoms with Gasteiger partial charge in [0, 0.05) is 12.1 Å². The predicted octanol–water partition coefficient (Wildman–Crippen LogP) is 1.93. The standard InChI is InChI=1S/C13H18N4/c1-2-16-9-6-11(7-10-16)13-14-12-5-3-4-8-17(12)15-13/h3-5,8,11H,2,6-7,9-10H2,1H3. The van der Waals surface area contributed by atoms with E-state index in [1.165, 1.54) is 25.9 Å². The molecule has 1 aliphatic rings. The average molecular weight is 230 g/mol. The van der Waals surface area contributed by atoms with Gasteiger partial charge in [-0.3, -0.25) is 0 Å². The predicted molar refractivity (Wildman–Crippen MR) is 67.1 cm³/mol. The molecule has 2 aromatic rings. The van der Waals surface area contributed by atoms with E-state index in [4.69, 9.17) is 0 Å². The number of nitrogens with zero attached hydrogens (tertiary/aromatic N) is 4. The molecule has 4 heteroatoms. The van der Waals surface area contributed by atoms with Crippen LogP contribution in [-0.4, -0.2) is 39.1 Å². The van der Waals surface area contributed by atoms with E-state index < -0.39 is 0 Å². The van der Waals surface area contributed by atoms with Crippen LogP contribution in [0, 0.1) is 0 Å². The van der Waals surface area contributed by atoms with Gasteiger partial charge in [0.15, 0.2) is 11.5 Å². The van der Waals surface area contributed by atoms with E-state index in [-0.39, 0.29) is 0 Å². The number of hydrogen-bond acceptors (Lipinski definition) is 3. The molecule has 90 valence electrons. The molecule has 0 unspecified atom stereocenters. The fraction of sp³-hybridized carbons (Fsp3) is 0.538. The van der Waals surface area contributed by atoms with E-state index in [1.54, 1.807) is 0 Å². The summed E-state index contributed by atoms with van der Waals surface area (Å²) < 4.78 is 1.88. The molecular formula is C13H18N4. The maximum Gasteiger partial charge on any atom is 0.155 e. The van der Waals surface area contributed by atoms with Crippen LogP contribution in [0.1, 0.15) is 31.5 Å². The molecule has 0 aromatic carbocycles. The lowest BCUT2D eigenvalue weighted by molar-refractivity contribution is 0.219. The average Bonchev–Trinajstić information content (AvgIpc) is 2.82. The van der Waals surface area contributed by atoms with Gasteiger partial charge in [-0.2, -0.15) is 5.10 Å². The highest BCUT2D eigenvalue weighted by Gasteiger charge is 2.22. The summed E-state index contributed by atoms with van der Waals surface area (Å²) in [5.74, 6) is 1.56. The van der Waals surface area contributed by atoms with Gasteiger partial charge in [0.2, 0.25) is 0 Å². The number of fused-ring (bicyclic) bond motifs is 1. The summed E-state index contributed by atoms with van der Waals surface area (Å²) in [7, 11) is 0. The minimum atomic E-state index is 0.540. The van der Waals surface area contributed by atoms with Gasteiger partial charge in [-0.25, -0.2) is 9.50 Å². The van der Waals surface area contributed by atoms with Crippen LogP contribution in [0.5, 0.6) is 0 Å². The molecular weight excluding hydrogens is 212 g/mol. The molecule has 1 aliphatic heterocycles. The minimum absolute atomic E-state index is 0.540. The van der Waals surface area contributed by atoms with Gasteiger partial charge in [-0.1, -0.05) is 13.0 Å². The fourth-order valence-corrected chi connectivity index (χ4v) is 2.53. The van der Waals surface area contributed by atoms with Gasteiger partial charge in [-0.05, 0) is 44.6 Å². The minimum Gasteiger partial charge on any atom is -0.304 e. The van der Waals surface area contributed by atoms with Gasteiger partial charge in [-0.15, -0.1) is 0 Å². The van der Waals surface area contributed by atoms with Gasteiger partial charge < -0.3 is 4.90 Å². The third kappa shape index (κ3) is 2.05. The molecule has 0 amide bonds. The van der Waals surface area contributed by atoms with Crippen molar-refractivity contribution in [2.24, 2.45) is 0 Å². The highest BCUT2D eigenvalue weighted by Crippen LogP contribution is 2.25. The van der Waals surface area contributed by atoms with Crippen LogP contribution < -0.4 is 0 Å². The smallest absolute Gasteiger partial charge is 0.155 e. The summed E-state index contributed by atoms with van der Waals surface area (Å²) in [6.45, 7) is 5.74. The van der Waals surface area contributed by atoms with E-state index >= 15 is 0 Å². The first-order valence-corrected chi connectivity index (χ1v) is 6.40. The maximum atomic E-state index is 4.62. The van der Waals surface area contributed by atoms with E-state index in [9.17, 15) is 0 Å². The molecule has 0 spiro atoms. The number of pyridine rings is 1. The summed E-state index contributed by atoms with van der Waals surface area (Å²) >= 11 is 0. The number of hydrogen-bond donors (Lipinski definition) is 0. The van der Waals surface area contributed by atoms with Crippen LogP contribution in [0.25, 0.3) is 5.65 Å². The summed E-state index contributed by atoms with van der Waals surface area (Å²) in [6.07, 6.45) is 4.34. The van der Waals surface area contributed by atoms with Crippen LogP contribution in [-0.2, 0) is 0 Å². The van der Waals surface area contributed by atoms with Crippen molar-refractivity contribution in [3.8, 4) is 0 Å². The number of rotatable bonds is 2. The zero-order valence-corrected chi connectivity index (χ0v) is 10.2. The van der Waals surface area contributed by atoms with Crippen molar-refractivity contribution in [1.82, 2.24) is 19.5 Å². The third-order valence-electron chi connectivity index (χ3n) is 3.66. The first-order valence-electron chi connectivity index (χ1n) is 6.40. The van der Waals surface area contributed by atoms with E-state index in [1.807, 2.05) is 28.9 Å². The van der Waals surface area contributed by atoms with E-state index in [0.29, 0.717) is 5.92 Å². The van der Waals surface area contributed by atoms with E-state index in [0.717, 1.165) is 18.0 Å². The van der Waals surface area contributed by atoms with Crippen molar-refractivity contribution < 1.29 is 0 Å². The Bertz CT molecular complexity index is 464. The molecule has 3 rings (SSSR count). The Morgan fingerprint density at radius 2 is 2.12 bits per heavy atom. The molecule has 3 heterocycles.